The second-order valence-electron chi connectivity index (χ2n) is 10.1. The van der Waals surface area contributed by atoms with Gasteiger partial charge in [-0.15, -0.1) is 12.4 Å². The van der Waals surface area contributed by atoms with Crippen LogP contribution in [0, 0.1) is 0 Å². The number of rotatable bonds is 25. The number of halogens is 1. The third-order valence-electron chi connectivity index (χ3n) is 6.85. The van der Waals surface area contributed by atoms with Gasteiger partial charge in [0.25, 0.3) is 0 Å². The summed E-state index contributed by atoms with van der Waals surface area (Å²) in [6.45, 7) is 4.50. The van der Waals surface area contributed by atoms with Crippen molar-refractivity contribution in [1.29, 1.82) is 0 Å². The lowest BCUT2D eigenvalue weighted by Gasteiger charge is -2.19. The summed E-state index contributed by atoms with van der Waals surface area (Å²) in [4.78, 5) is 24.6. The number of nitrogens with one attached hydrogen (secondary N) is 1. The van der Waals surface area contributed by atoms with Crippen LogP contribution in [-0.2, 0) is 14.3 Å². The molecule has 35 heavy (non-hydrogen) atoms. The molecule has 0 aliphatic carbocycles. The molecule has 6 heteroatoms. The van der Waals surface area contributed by atoms with Crippen LogP contribution < -0.4 is 11.1 Å². The first-order valence-corrected chi connectivity index (χ1v) is 14.7. The summed E-state index contributed by atoms with van der Waals surface area (Å²) in [6.07, 6.45) is 26.4. The quantitative estimate of drug-likeness (QED) is 0.0946. The Balaban J connectivity index is 0. The Bertz CT molecular complexity index is 477. The van der Waals surface area contributed by atoms with E-state index in [2.05, 4.69) is 19.2 Å². The van der Waals surface area contributed by atoms with Crippen molar-refractivity contribution in [2.75, 3.05) is 7.11 Å². The minimum atomic E-state index is -0.578. The highest BCUT2D eigenvalue weighted by Crippen LogP contribution is 2.14. The molecular formula is C29H59ClN2O3. The lowest BCUT2D eigenvalue weighted by Crippen LogP contribution is -2.48. The molecule has 0 aromatic carbocycles. The maximum atomic E-state index is 12.5. The van der Waals surface area contributed by atoms with Gasteiger partial charge in [-0.25, -0.2) is 4.79 Å². The first-order chi connectivity index (χ1) is 16.6. The predicted octanol–water partition coefficient (Wildman–Crippen LogP) is 8.02. The Labute approximate surface area is 223 Å². The third kappa shape index (κ3) is 23.3. The van der Waals surface area contributed by atoms with Gasteiger partial charge < -0.3 is 15.8 Å². The number of ether oxygens (including phenoxy) is 1. The zero-order chi connectivity index (χ0) is 25.3. The van der Waals surface area contributed by atoms with Crippen molar-refractivity contribution in [1.82, 2.24) is 5.32 Å². The summed E-state index contributed by atoms with van der Waals surface area (Å²) in [5, 5.41) is 2.85. The van der Waals surface area contributed by atoms with Gasteiger partial charge in [0.15, 0.2) is 0 Å². The summed E-state index contributed by atoms with van der Waals surface area (Å²) in [7, 11) is 1.38. The molecule has 0 aliphatic heterocycles. The number of hydrogen-bond donors (Lipinski definition) is 2. The molecule has 210 valence electrons. The second kappa shape index (κ2) is 27.8. The molecule has 2 unspecified atom stereocenters. The van der Waals surface area contributed by atoms with Crippen molar-refractivity contribution in [3.63, 3.8) is 0 Å². The number of nitrogens with two attached hydrogens (primary N) is 1. The van der Waals surface area contributed by atoms with Gasteiger partial charge in [0.2, 0.25) is 5.91 Å². The molecule has 2 atom stereocenters. The van der Waals surface area contributed by atoms with Crippen LogP contribution >= 0.6 is 12.4 Å². The van der Waals surface area contributed by atoms with E-state index < -0.39 is 12.1 Å². The van der Waals surface area contributed by atoms with E-state index in [1.165, 1.54) is 110 Å². The van der Waals surface area contributed by atoms with Gasteiger partial charge in [-0.3, -0.25) is 4.79 Å². The van der Waals surface area contributed by atoms with Crippen LogP contribution in [0.2, 0.25) is 0 Å². The number of carbonyl (C=O) groups excluding carboxylic acids is 2. The fraction of sp³-hybridized carbons (Fsp3) is 0.931. The van der Waals surface area contributed by atoms with E-state index in [-0.39, 0.29) is 24.3 Å². The van der Waals surface area contributed by atoms with Crippen LogP contribution in [0.5, 0.6) is 0 Å². The number of amides is 1. The van der Waals surface area contributed by atoms with E-state index in [4.69, 9.17) is 10.5 Å². The molecule has 0 bridgehead atoms. The first kappa shape index (κ1) is 36.3. The molecular weight excluding hydrogens is 460 g/mol. The lowest BCUT2D eigenvalue weighted by atomic mass is 10.0. The smallest absolute Gasteiger partial charge is 0.328 e. The van der Waals surface area contributed by atoms with Gasteiger partial charge in [0.05, 0.1) is 13.2 Å². The number of unbranched alkanes of at least 4 members (excludes halogenated alkanes) is 18. The summed E-state index contributed by atoms with van der Waals surface area (Å²) in [5.41, 5.74) is 6.11. The Morgan fingerprint density at radius 2 is 0.971 bits per heavy atom. The predicted molar refractivity (Wildman–Crippen MR) is 152 cm³/mol. The molecule has 0 spiro atoms. The summed E-state index contributed by atoms with van der Waals surface area (Å²) in [5.74, 6) is -0.589. The average Bonchev–Trinajstić information content (AvgIpc) is 2.84. The number of carbonyl (C=O) groups is 2. The molecule has 0 aromatic rings. The molecule has 0 radical (unpaired) electrons. The van der Waals surface area contributed by atoms with E-state index in [0.29, 0.717) is 12.8 Å². The number of esters is 1. The van der Waals surface area contributed by atoms with Crippen LogP contribution in [0.25, 0.3) is 0 Å². The summed E-state index contributed by atoms with van der Waals surface area (Å²) < 4.78 is 4.91. The largest absolute Gasteiger partial charge is 0.467 e. The Hall–Kier alpha value is -0.810. The van der Waals surface area contributed by atoms with E-state index in [1.807, 2.05) is 0 Å². The van der Waals surface area contributed by atoms with Gasteiger partial charge in [-0.1, -0.05) is 142 Å². The van der Waals surface area contributed by atoms with E-state index >= 15 is 0 Å². The maximum absolute atomic E-state index is 12.5. The molecule has 0 heterocycles. The zero-order valence-corrected chi connectivity index (χ0v) is 24.2. The van der Waals surface area contributed by atoms with Crippen molar-refractivity contribution in [3.8, 4) is 0 Å². The fourth-order valence-corrected chi connectivity index (χ4v) is 4.49. The monoisotopic (exact) mass is 518 g/mol. The Kier molecular flexibility index (Phi) is 28.8. The van der Waals surface area contributed by atoms with Crippen LogP contribution in [0.1, 0.15) is 155 Å². The molecule has 0 rings (SSSR count). The highest BCUT2D eigenvalue weighted by molar-refractivity contribution is 5.87. The van der Waals surface area contributed by atoms with Crippen LogP contribution in [0.3, 0.4) is 0 Å². The summed E-state index contributed by atoms with van der Waals surface area (Å²) >= 11 is 0. The molecule has 0 aromatic heterocycles. The lowest BCUT2D eigenvalue weighted by molar-refractivity contribution is -0.145. The SMILES string of the molecule is CCCCCCCCCCCCC(N)C(=O)NC(CCCCCCCCCCCC)C(=O)OC.Cl. The molecule has 0 fully saturated rings. The van der Waals surface area contributed by atoms with Crippen molar-refractivity contribution in [3.05, 3.63) is 0 Å². The number of methoxy groups -OCH3 is 1. The van der Waals surface area contributed by atoms with Gasteiger partial charge in [-0.2, -0.15) is 0 Å². The van der Waals surface area contributed by atoms with Gasteiger partial charge in [0, 0.05) is 0 Å². The Morgan fingerprint density at radius 1 is 0.629 bits per heavy atom. The number of hydrogen-bond acceptors (Lipinski definition) is 4. The van der Waals surface area contributed by atoms with E-state index in [1.54, 1.807) is 0 Å². The molecule has 0 aliphatic rings. The molecule has 1 amide bonds. The second-order valence-corrected chi connectivity index (χ2v) is 10.1. The zero-order valence-electron chi connectivity index (χ0n) is 23.4. The summed E-state index contributed by atoms with van der Waals surface area (Å²) in [6, 6.07) is -1.13. The van der Waals surface area contributed by atoms with Crippen molar-refractivity contribution in [2.45, 2.75) is 167 Å². The first-order valence-electron chi connectivity index (χ1n) is 14.7. The van der Waals surface area contributed by atoms with E-state index in [0.717, 1.165) is 25.7 Å². The van der Waals surface area contributed by atoms with Crippen LogP contribution in [0.4, 0.5) is 0 Å². The standard InChI is InChI=1S/C29H58N2O3.ClH/c1-4-6-8-10-12-14-16-18-20-22-24-26(30)28(32)31-27(29(33)34-3)25-23-21-19-17-15-13-11-9-7-5-2;/h26-27H,4-25,30H2,1-3H3,(H,31,32);1H. The van der Waals surface area contributed by atoms with Crippen LogP contribution in [0.15, 0.2) is 0 Å². The van der Waals surface area contributed by atoms with E-state index in [9.17, 15) is 9.59 Å². The van der Waals surface area contributed by atoms with Crippen molar-refractivity contribution < 1.29 is 14.3 Å². The van der Waals surface area contributed by atoms with Gasteiger partial charge >= 0.3 is 5.97 Å². The minimum absolute atomic E-state index is 0. The Morgan fingerprint density at radius 3 is 1.34 bits per heavy atom. The third-order valence-corrected chi connectivity index (χ3v) is 6.85. The molecule has 5 nitrogen and oxygen atoms in total. The normalized spacial score (nSPS) is 12.6. The van der Waals surface area contributed by atoms with Crippen molar-refractivity contribution in [2.24, 2.45) is 5.73 Å². The van der Waals surface area contributed by atoms with Gasteiger partial charge in [0.1, 0.15) is 6.04 Å². The fourth-order valence-electron chi connectivity index (χ4n) is 4.49. The topological polar surface area (TPSA) is 81.4 Å². The molecule has 0 saturated heterocycles. The maximum Gasteiger partial charge on any atom is 0.328 e. The minimum Gasteiger partial charge on any atom is -0.467 e. The van der Waals surface area contributed by atoms with Gasteiger partial charge in [-0.05, 0) is 12.8 Å². The molecule has 3 N–H and O–H groups in total. The van der Waals surface area contributed by atoms with Crippen molar-refractivity contribution >= 4 is 24.3 Å². The highest BCUT2D eigenvalue weighted by atomic mass is 35.5. The van der Waals surface area contributed by atoms with Crippen LogP contribution in [-0.4, -0.2) is 31.1 Å². The average molecular weight is 519 g/mol. The molecule has 0 saturated carbocycles. The highest BCUT2D eigenvalue weighted by Gasteiger charge is 2.23.